The van der Waals surface area contributed by atoms with Gasteiger partial charge in [-0.05, 0) is 31.3 Å². The van der Waals surface area contributed by atoms with E-state index in [-0.39, 0.29) is 11.9 Å². The molecule has 1 saturated carbocycles. The van der Waals surface area contributed by atoms with Crippen LogP contribution in [-0.4, -0.2) is 26.2 Å². The molecule has 1 aliphatic heterocycles. The second kappa shape index (κ2) is 2.48. The van der Waals surface area contributed by atoms with Crippen LogP contribution in [0, 0.1) is 17.8 Å². The Hall–Kier alpha value is -0.570. The van der Waals surface area contributed by atoms with Crippen molar-refractivity contribution in [3.63, 3.8) is 0 Å². The van der Waals surface area contributed by atoms with Crippen molar-refractivity contribution in [2.75, 3.05) is 20.2 Å². The lowest BCUT2D eigenvalue weighted by atomic mass is 10.2. The van der Waals surface area contributed by atoms with Gasteiger partial charge in [0.25, 0.3) is 0 Å². The number of piperidine rings is 1. The molecule has 2 rings (SSSR count). The Labute approximate surface area is 66.1 Å². The highest BCUT2D eigenvalue weighted by Gasteiger charge is 2.55. The predicted octanol–water partition coefficient (Wildman–Crippen LogP) is 0.0149. The van der Waals surface area contributed by atoms with Gasteiger partial charge in [-0.25, -0.2) is 0 Å². The first kappa shape index (κ1) is 7.10. The maximum absolute atomic E-state index is 11.1. The number of nitrogens with one attached hydrogen (secondary N) is 1. The molecule has 2 aliphatic rings. The number of fused-ring (bicyclic) bond motifs is 1. The Kier molecular flexibility index (Phi) is 1.60. The van der Waals surface area contributed by atoms with Crippen molar-refractivity contribution in [3.8, 4) is 0 Å². The fourth-order valence-electron chi connectivity index (χ4n) is 2.14. The van der Waals surface area contributed by atoms with Gasteiger partial charge in [0.05, 0.1) is 13.0 Å². The largest absolute Gasteiger partial charge is 0.469 e. The molecular formula is C8H13NO2. The normalized spacial score (nSPS) is 41.0. The Morgan fingerprint density at radius 2 is 2.36 bits per heavy atom. The average Bonchev–Trinajstić information content (AvgIpc) is 2.77. The summed E-state index contributed by atoms with van der Waals surface area (Å²) in [6, 6.07) is 0. The van der Waals surface area contributed by atoms with E-state index in [1.165, 1.54) is 7.11 Å². The van der Waals surface area contributed by atoms with E-state index in [1.54, 1.807) is 0 Å². The van der Waals surface area contributed by atoms with E-state index < -0.39 is 0 Å². The van der Waals surface area contributed by atoms with Gasteiger partial charge in [0, 0.05) is 0 Å². The van der Waals surface area contributed by atoms with E-state index in [0.29, 0.717) is 11.8 Å². The van der Waals surface area contributed by atoms with Gasteiger partial charge < -0.3 is 10.1 Å². The molecule has 1 heterocycles. The second-order valence-corrected chi connectivity index (χ2v) is 3.37. The SMILES string of the molecule is COC(=O)[C@@H]1[C@@H]2CCNC[C@@H]21. The van der Waals surface area contributed by atoms with Gasteiger partial charge in [-0.1, -0.05) is 0 Å². The molecule has 62 valence electrons. The Morgan fingerprint density at radius 3 is 2.91 bits per heavy atom. The first-order chi connectivity index (χ1) is 5.34. The summed E-state index contributed by atoms with van der Waals surface area (Å²) in [5.74, 6) is 1.42. The molecule has 11 heavy (non-hydrogen) atoms. The summed E-state index contributed by atoms with van der Waals surface area (Å²) >= 11 is 0. The van der Waals surface area contributed by atoms with Crippen LogP contribution in [-0.2, 0) is 9.53 Å². The third-order valence-electron chi connectivity index (χ3n) is 2.84. The number of hydrogen-bond donors (Lipinski definition) is 1. The van der Waals surface area contributed by atoms with Crippen LogP contribution in [0.4, 0.5) is 0 Å². The van der Waals surface area contributed by atoms with Crippen molar-refractivity contribution in [1.29, 1.82) is 0 Å². The summed E-state index contributed by atoms with van der Waals surface area (Å²) < 4.78 is 4.70. The summed E-state index contributed by atoms with van der Waals surface area (Å²) in [7, 11) is 1.47. The number of carbonyl (C=O) groups is 1. The van der Waals surface area contributed by atoms with Crippen LogP contribution in [0.15, 0.2) is 0 Å². The molecular weight excluding hydrogens is 142 g/mol. The highest BCUT2D eigenvalue weighted by Crippen LogP contribution is 2.50. The molecule has 2 fully saturated rings. The average molecular weight is 155 g/mol. The Morgan fingerprint density at radius 1 is 1.55 bits per heavy atom. The fourth-order valence-corrected chi connectivity index (χ4v) is 2.14. The standard InChI is InChI=1S/C8H13NO2/c1-11-8(10)7-5-2-3-9-4-6(5)7/h5-7,9H,2-4H2,1H3/t5-,6+,7-/m1/s1. The summed E-state index contributed by atoms with van der Waals surface area (Å²) in [6.45, 7) is 2.07. The number of methoxy groups -OCH3 is 1. The zero-order valence-corrected chi connectivity index (χ0v) is 6.67. The maximum Gasteiger partial charge on any atom is 0.309 e. The third kappa shape index (κ3) is 1.03. The molecule has 0 aromatic rings. The monoisotopic (exact) mass is 155 g/mol. The highest BCUT2D eigenvalue weighted by molar-refractivity contribution is 5.76. The quantitative estimate of drug-likeness (QED) is 0.542. The molecule has 0 aromatic carbocycles. The zero-order chi connectivity index (χ0) is 7.84. The predicted molar refractivity (Wildman–Crippen MR) is 40.0 cm³/mol. The highest BCUT2D eigenvalue weighted by atomic mass is 16.5. The summed E-state index contributed by atoms with van der Waals surface area (Å²) in [6.07, 6.45) is 1.14. The minimum atomic E-state index is -0.0105. The van der Waals surface area contributed by atoms with Crippen LogP contribution < -0.4 is 5.32 Å². The summed E-state index contributed by atoms with van der Waals surface area (Å²) in [5.41, 5.74) is 0. The number of esters is 1. The molecule has 1 aliphatic carbocycles. The third-order valence-corrected chi connectivity index (χ3v) is 2.84. The van der Waals surface area contributed by atoms with E-state index in [1.807, 2.05) is 0 Å². The molecule has 3 heteroatoms. The maximum atomic E-state index is 11.1. The van der Waals surface area contributed by atoms with Gasteiger partial charge in [-0.3, -0.25) is 4.79 Å². The zero-order valence-electron chi connectivity index (χ0n) is 6.67. The second-order valence-electron chi connectivity index (χ2n) is 3.37. The minimum Gasteiger partial charge on any atom is -0.469 e. The molecule has 0 unspecified atom stereocenters. The van der Waals surface area contributed by atoms with E-state index in [0.717, 1.165) is 19.5 Å². The molecule has 1 N–H and O–H groups in total. The van der Waals surface area contributed by atoms with Gasteiger partial charge in [0.1, 0.15) is 0 Å². The first-order valence-corrected chi connectivity index (χ1v) is 4.13. The van der Waals surface area contributed by atoms with Crippen LogP contribution in [0.1, 0.15) is 6.42 Å². The number of ether oxygens (including phenoxy) is 1. The first-order valence-electron chi connectivity index (χ1n) is 4.13. The molecule has 0 spiro atoms. The van der Waals surface area contributed by atoms with Crippen molar-refractivity contribution in [3.05, 3.63) is 0 Å². The van der Waals surface area contributed by atoms with Crippen LogP contribution >= 0.6 is 0 Å². The number of carbonyl (C=O) groups excluding carboxylic acids is 1. The van der Waals surface area contributed by atoms with Crippen LogP contribution in [0.5, 0.6) is 0 Å². The van der Waals surface area contributed by atoms with E-state index in [9.17, 15) is 4.79 Å². The topological polar surface area (TPSA) is 38.3 Å². The molecule has 0 amide bonds. The molecule has 0 bridgehead atoms. The van der Waals surface area contributed by atoms with Crippen molar-refractivity contribution >= 4 is 5.97 Å². The van der Waals surface area contributed by atoms with Crippen molar-refractivity contribution in [1.82, 2.24) is 5.32 Å². The number of rotatable bonds is 1. The molecule has 3 atom stereocenters. The summed E-state index contributed by atoms with van der Waals surface area (Å²) in [5, 5.41) is 3.28. The molecule has 1 saturated heterocycles. The van der Waals surface area contributed by atoms with Crippen LogP contribution in [0.25, 0.3) is 0 Å². The van der Waals surface area contributed by atoms with Gasteiger partial charge in [0.15, 0.2) is 0 Å². The van der Waals surface area contributed by atoms with Crippen LogP contribution in [0.3, 0.4) is 0 Å². The Balaban J connectivity index is 1.94. The van der Waals surface area contributed by atoms with E-state index >= 15 is 0 Å². The summed E-state index contributed by atoms with van der Waals surface area (Å²) in [4.78, 5) is 11.1. The van der Waals surface area contributed by atoms with E-state index in [2.05, 4.69) is 5.32 Å². The Bertz CT molecular complexity index is 169. The van der Waals surface area contributed by atoms with Gasteiger partial charge in [-0.15, -0.1) is 0 Å². The lowest BCUT2D eigenvalue weighted by molar-refractivity contribution is -0.142. The lowest BCUT2D eigenvalue weighted by Gasteiger charge is -2.07. The van der Waals surface area contributed by atoms with Gasteiger partial charge >= 0.3 is 5.97 Å². The van der Waals surface area contributed by atoms with Crippen LogP contribution in [0.2, 0.25) is 0 Å². The molecule has 0 radical (unpaired) electrons. The van der Waals surface area contributed by atoms with Crippen molar-refractivity contribution in [2.45, 2.75) is 6.42 Å². The van der Waals surface area contributed by atoms with Gasteiger partial charge in [0.2, 0.25) is 0 Å². The molecule has 0 aromatic heterocycles. The molecule has 3 nitrogen and oxygen atoms in total. The fraction of sp³-hybridized carbons (Fsp3) is 0.875. The van der Waals surface area contributed by atoms with Crippen molar-refractivity contribution in [2.24, 2.45) is 17.8 Å². The van der Waals surface area contributed by atoms with E-state index in [4.69, 9.17) is 4.74 Å². The minimum absolute atomic E-state index is 0.0105. The number of hydrogen-bond acceptors (Lipinski definition) is 3. The van der Waals surface area contributed by atoms with Crippen molar-refractivity contribution < 1.29 is 9.53 Å². The lowest BCUT2D eigenvalue weighted by Crippen LogP contribution is -2.23. The smallest absolute Gasteiger partial charge is 0.309 e. The van der Waals surface area contributed by atoms with Gasteiger partial charge in [-0.2, -0.15) is 0 Å².